The van der Waals surface area contributed by atoms with Crippen molar-refractivity contribution < 1.29 is 23.7 Å². The SMILES string of the molecule is CCOC(=O)C(C#N)=Cc1cc(Cl)c(OCCOc2ccc(C3CCCCC3)cc2)c(OC)c1. The van der Waals surface area contributed by atoms with Crippen LogP contribution in [0, 0.1) is 11.3 Å². The van der Waals surface area contributed by atoms with Crippen LogP contribution < -0.4 is 14.2 Å². The highest BCUT2D eigenvalue weighted by atomic mass is 35.5. The van der Waals surface area contributed by atoms with E-state index in [1.165, 1.54) is 50.9 Å². The summed E-state index contributed by atoms with van der Waals surface area (Å²) in [6.45, 7) is 2.46. The van der Waals surface area contributed by atoms with Crippen LogP contribution in [0.15, 0.2) is 42.0 Å². The van der Waals surface area contributed by atoms with Gasteiger partial charge >= 0.3 is 5.97 Å². The second kappa shape index (κ2) is 12.9. The maximum absolute atomic E-state index is 11.9. The summed E-state index contributed by atoms with van der Waals surface area (Å²) in [6.07, 6.45) is 7.91. The van der Waals surface area contributed by atoms with Crippen LogP contribution >= 0.6 is 11.6 Å². The molecule has 0 heterocycles. The summed E-state index contributed by atoms with van der Waals surface area (Å²) in [6, 6.07) is 13.4. The van der Waals surface area contributed by atoms with Crippen molar-refractivity contribution in [2.45, 2.75) is 44.9 Å². The predicted molar refractivity (Wildman–Crippen MR) is 131 cm³/mol. The Bertz CT molecular complexity index is 1040. The minimum atomic E-state index is -0.690. The molecular formula is C27H30ClNO5. The Morgan fingerprint density at radius 3 is 2.47 bits per heavy atom. The van der Waals surface area contributed by atoms with Crippen molar-refractivity contribution >= 4 is 23.6 Å². The van der Waals surface area contributed by atoms with Crippen molar-refractivity contribution in [3.05, 3.63) is 58.1 Å². The summed E-state index contributed by atoms with van der Waals surface area (Å²) in [5.41, 5.74) is 1.78. The van der Waals surface area contributed by atoms with Crippen LogP contribution in [0.25, 0.3) is 6.08 Å². The van der Waals surface area contributed by atoms with E-state index in [0.717, 1.165) is 5.75 Å². The Labute approximate surface area is 206 Å². The van der Waals surface area contributed by atoms with Crippen LogP contribution in [0.3, 0.4) is 0 Å². The smallest absolute Gasteiger partial charge is 0.348 e. The first-order chi connectivity index (χ1) is 16.5. The summed E-state index contributed by atoms with van der Waals surface area (Å²) < 4.78 is 21.9. The molecular weight excluding hydrogens is 454 g/mol. The molecule has 2 aromatic carbocycles. The third-order valence-corrected chi connectivity index (χ3v) is 6.01. The van der Waals surface area contributed by atoms with Crippen LogP contribution in [0.2, 0.25) is 5.02 Å². The van der Waals surface area contributed by atoms with E-state index >= 15 is 0 Å². The van der Waals surface area contributed by atoms with Crippen molar-refractivity contribution in [2.24, 2.45) is 0 Å². The van der Waals surface area contributed by atoms with Gasteiger partial charge in [-0.1, -0.05) is 43.0 Å². The number of nitrogens with zero attached hydrogens (tertiary/aromatic N) is 1. The van der Waals surface area contributed by atoms with Gasteiger partial charge in [-0.25, -0.2) is 4.79 Å². The number of carbonyl (C=O) groups excluding carboxylic acids is 1. The topological polar surface area (TPSA) is 77.8 Å². The lowest BCUT2D eigenvalue weighted by molar-refractivity contribution is -0.137. The van der Waals surface area contributed by atoms with Gasteiger partial charge in [-0.05, 0) is 67.2 Å². The molecule has 0 atom stereocenters. The van der Waals surface area contributed by atoms with Crippen molar-refractivity contribution in [3.63, 3.8) is 0 Å². The standard InChI is InChI=1S/C27H30ClNO5/c1-3-32-27(30)22(18-29)15-19-16-24(28)26(25(17-19)31-2)34-14-13-33-23-11-9-21(10-12-23)20-7-5-4-6-8-20/h9-12,15-17,20H,3-8,13-14H2,1-2H3. The molecule has 180 valence electrons. The molecule has 0 N–H and O–H groups in total. The molecule has 1 fully saturated rings. The van der Waals surface area contributed by atoms with E-state index in [2.05, 4.69) is 12.1 Å². The van der Waals surface area contributed by atoms with Gasteiger partial charge in [-0.15, -0.1) is 0 Å². The zero-order valence-corrected chi connectivity index (χ0v) is 20.4. The van der Waals surface area contributed by atoms with Gasteiger partial charge in [0.05, 0.1) is 18.7 Å². The van der Waals surface area contributed by atoms with Gasteiger partial charge in [0, 0.05) is 0 Å². The molecule has 0 aliphatic heterocycles. The molecule has 1 aliphatic rings. The first-order valence-corrected chi connectivity index (χ1v) is 12.0. The molecule has 3 rings (SSSR count). The molecule has 6 nitrogen and oxygen atoms in total. The Morgan fingerprint density at radius 1 is 1.12 bits per heavy atom. The zero-order valence-electron chi connectivity index (χ0n) is 19.6. The highest BCUT2D eigenvalue weighted by Gasteiger charge is 2.16. The highest BCUT2D eigenvalue weighted by molar-refractivity contribution is 6.32. The molecule has 1 saturated carbocycles. The average molecular weight is 484 g/mol. The first-order valence-electron chi connectivity index (χ1n) is 11.6. The zero-order chi connectivity index (χ0) is 24.3. The van der Waals surface area contributed by atoms with Gasteiger partial charge in [0.25, 0.3) is 0 Å². The van der Waals surface area contributed by atoms with E-state index < -0.39 is 5.97 Å². The van der Waals surface area contributed by atoms with Gasteiger partial charge in [0.2, 0.25) is 0 Å². The lowest BCUT2D eigenvalue weighted by Crippen LogP contribution is -2.10. The maximum atomic E-state index is 11.9. The summed E-state index contributed by atoms with van der Waals surface area (Å²) in [5.74, 6) is 1.53. The van der Waals surface area contributed by atoms with E-state index in [4.69, 9.17) is 30.5 Å². The molecule has 0 amide bonds. The molecule has 0 radical (unpaired) electrons. The van der Waals surface area contributed by atoms with Crippen LogP contribution in [0.5, 0.6) is 17.2 Å². The number of halogens is 1. The number of rotatable bonds is 10. The van der Waals surface area contributed by atoms with Gasteiger partial charge in [-0.3, -0.25) is 0 Å². The second-order valence-corrected chi connectivity index (χ2v) is 8.43. The van der Waals surface area contributed by atoms with Gasteiger partial charge in [-0.2, -0.15) is 5.26 Å². The van der Waals surface area contributed by atoms with E-state index in [-0.39, 0.29) is 18.8 Å². The Kier molecular flexibility index (Phi) is 9.66. The number of methoxy groups -OCH3 is 1. The fourth-order valence-corrected chi connectivity index (χ4v) is 4.32. The number of hydrogen-bond acceptors (Lipinski definition) is 6. The highest BCUT2D eigenvalue weighted by Crippen LogP contribution is 2.37. The van der Waals surface area contributed by atoms with E-state index in [0.29, 0.717) is 34.6 Å². The van der Waals surface area contributed by atoms with Crippen molar-refractivity contribution in [3.8, 4) is 23.3 Å². The van der Waals surface area contributed by atoms with Gasteiger partial charge < -0.3 is 18.9 Å². The molecule has 34 heavy (non-hydrogen) atoms. The first kappa shape index (κ1) is 25.5. The fraction of sp³-hybridized carbons (Fsp3) is 0.407. The minimum absolute atomic E-state index is 0.128. The van der Waals surface area contributed by atoms with Crippen molar-refractivity contribution in [2.75, 3.05) is 26.9 Å². The summed E-state index contributed by atoms with van der Waals surface area (Å²) in [4.78, 5) is 11.9. The van der Waals surface area contributed by atoms with Crippen LogP contribution in [0.4, 0.5) is 0 Å². The average Bonchev–Trinajstić information content (AvgIpc) is 2.86. The molecule has 0 aromatic heterocycles. The molecule has 0 unspecified atom stereocenters. The molecule has 0 saturated heterocycles. The van der Waals surface area contributed by atoms with Crippen molar-refractivity contribution in [1.29, 1.82) is 5.26 Å². The second-order valence-electron chi connectivity index (χ2n) is 8.03. The number of hydrogen-bond donors (Lipinski definition) is 0. The number of nitriles is 1. The van der Waals surface area contributed by atoms with Gasteiger partial charge in [0.1, 0.15) is 30.6 Å². The van der Waals surface area contributed by atoms with Gasteiger partial charge in [0.15, 0.2) is 11.5 Å². The quantitative estimate of drug-likeness (QED) is 0.170. The Balaban J connectivity index is 1.58. The van der Waals surface area contributed by atoms with E-state index in [1.54, 1.807) is 19.1 Å². The largest absolute Gasteiger partial charge is 0.493 e. The molecule has 1 aliphatic carbocycles. The fourth-order valence-electron chi connectivity index (χ4n) is 4.05. The molecule has 0 bridgehead atoms. The predicted octanol–water partition coefficient (Wildman–Crippen LogP) is 6.32. The summed E-state index contributed by atoms with van der Waals surface area (Å²) in [5, 5.41) is 9.53. The number of carbonyl (C=O) groups is 1. The Hall–Kier alpha value is -3.17. The minimum Gasteiger partial charge on any atom is -0.493 e. The third-order valence-electron chi connectivity index (χ3n) is 5.73. The molecule has 0 spiro atoms. The van der Waals surface area contributed by atoms with Crippen molar-refractivity contribution in [1.82, 2.24) is 0 Å². The van der Waals surface area contributed by atoms with E-state index in [1.807, 2.05) is 18.2 Å². The van der Waals surface area contributed by atoms with Crippen LogP contribution in [0.1, 0.15) is 56.1 Å². The third kappa shape index (κ3) is 6.91. The lowest BCUT2D eigenvalue weighted by atomic mass is 9.84. The number of ether oxygens (including phenoxy) is 4. The summed E-state index contributed by atoms with van der Waals surface area (Å²) in [7, 11) is 1.49. The maximum Gasteiger partial charge on any atom is 0.348 e. The number of benzene rings is 2. The normalized spacial score (nSPS) is 14.2. The molecule has 2 aromatic rings. The van der Waals surface area contributed by atoms with Crippen LogP contribution in [-0.2, 0) is 9.53 Å². The van der Waals surface area contributed by atoms with Crippen LogP contribution in [-0.4, -0.2) is 32.9 Å². The number of esters is 1. The monoisotopic (exact) mass is 483 g/mol. The lowest BCUT2D eigenvalue weighted by Gasteiger charge is -2.22. The van der Waals surface area contributed by atoms with E-state index in [9.17, 15) is 10.1 Å². The Morgan fingerprint density at radius 2 is 1.82 bits per heavy atom. The molecule has 7 heteroatoms. The summed E-state index contributed by atoms with van der Waals surface area (Å²) >= 11 is 6.39.